The van der Waals surface area contributed by atoms with E-state index in [0.717, 1.165) is 51.4 Å². The van der Waals surface area contributed by atoms with Gasteiger partial charge in [-0.3, -0.25) is 4.79 Å². The number of carbonyl (C=O) groups is 1. The van der Waals surface area contributed by atoms with Crippen molar-refractivity contribution in [2.75, 3.05) is 0 Å². The van der Waals surface area contributed by atoms with E-state index >= 15 is 0 Å². The number of allylic oxidation sites excluding steroid dienone is 1. The molecule has 0 radical (unpaired) electrons. The van der Waals surface area contributed by atoms with Crippen LogP contribution in [0.25, 0.3) is 0 Å². The molecule has 2 heteroatoms. The van der Waals surface area contributed by atoms with Crippen molar-refractivity contribution in [1.82, 2.24) is 0 Å². The molecule has 1 unspecified atom stereocenters. The third-order valence-corrected chi connectivity index (χ3v) is 4.35. The predicted molar refractivity (Wildman–Crippen MR) is 101 cm³/mol. The lowest BCUT2D eigenvalue weighted by molar-refractivity contribution is -0.150. The van der Waals surface area contributed by atoms with Gasteiger partial charge in [-0.1, -0.05) is 77.7 Å². The van der Waals surface area contributed by atoms with Crippen LogP contribution in [0.2, 0.25) is 0 Å². The van der Waals surface area contributed by atoms with E-state index in [2.05, 4.69) is 20.4 Å². The largest absolute Gasteiger partial charge is 0.462 e. The fourth-order valence-electron chi connectivity index (χ4n) is 2.83. The van der Waals surface area contributed by atoms with Gasteiger partial charge in [0.15, 0.2) is 0 Å². The lowest BCUT2D eigenvalue weighted by Gasteiger charge is -2.17. The van der Waals surface area contributed by atoms with Crippen LogP contribution < -0.4 is 0 Å². The summed E-state index contributed by atoms with van der Waals surface area (Å²) in [5, 5.41) is 0. The predicted octanol–water partition coefficient (Wildman–Crippen LogP) is 6.98. The standard InChI is InChI=1S/C21H40O2/c1-4-7-10-11-12-13-14-16-19-21(22)23-20(17-9-6-3)18-15-8-5-2/h5,20H,2,4,6-19H2,1,3H3. The minimum atomic E-state index is 0.00990. The highest BCUT2D eigenvalue weighted by Gasteiger charge is 2.13. The molecule has 0 spiro atoms. The Bertz CT molecular complexity index is 273. The molecule has 2 nitrogen and oxygen atoms in total. The van der Waals surface area contributed by atoms with E-state index in [-0.39, 0.29) is 12.1 Å². The van der Waals surface area contributed by atoms with Crippen molar-refractivity contribution in [3.8, 4) is 0 Å². The zero-order valence-corrected chi connectivity index (χ0v) is 15.8. The van der Waals surface area contributed by atoms with Crippen LogP contribution in [-0.2, 0) is 9.53 Å². The van der Waals surface area contributed by atoms with Gasteiger partial charge in [-0.2, -0.15) is 0 Å². The molecule has 0 aromatic heterocycles. The van der Waals surface area contributed by atoms with Crippen LogP contribution >= 0.6 is 0 Å². The molecule has 0 aromatic carbocycles. The maximum atomic E-state index is 12.0. The van der Waals surface area contributed by atoms with Gasteiger partial charge in [0, 0.05) is 6.42 Å². The smallest absolute Gasteiger partial charge is 0.306 e. The highest BCUT2D eigenvalue weighted by molar-refractivity contribution is 5.69. The normalized spacial score (nSPS) is 12.1. The topological polar surface area (TPSA) is 26.3 Å². The van der Waals surface area contributed by atoms with E-state index in [1.807, 2.05) is 6.08 Å². The van der Waals surface area contributed by atoms with Crippen molar-refractivity contribution in [1.29, 1.82) is 0 Å². The van der Waals surface area contributed by atoms with E-state index in [4.69, 9.17) is 4.74 Å². The molecular weight excluding hydrogens is 284 g/mol. The van der Waals surface area contributed by atoms with E-state index < -0.39 is 0 Å². The first-order valence-electron chi connectivity index (χ1n) is 10.0. The molecule has 0 fully saturated rings. The molecule has 0 aliphatic carbocycles. The Morgan fingerprint density at radius 3 is 2.04 bits per heavy atom. The van der Waals surface area contributed by atoms with Gasteiger partial charge in [-0.05, 0) is 32.1 Å². The highest BCUT2D eigenvalue weighted by atomic mass is 16.5. The Morgan fingerprint density at radius 1 is 0.870 bits per heavy atom. The number of hydrogen-bond donors (Lipinski definition) is 0. The lowest BCUT2D eigenvalue weighted by atomic mass is 10.1. The highest BCUT2D eigenvalue weighted by Crippen LogP contribution is 2.15. The van der Waals surface area contributed by atoms with Gasteiger partial charge >= 0.3 is 5.97 Å². The van der Waals surface area contributed by atoms with E-state index in [1.165, 1.54) is 38.5 Å². The number of ether oxygens (including phenoxy) is 1. The number of esters is 1. The minimum Gasteiger partial charge on any atom is -0.462 e. The van der Waals surface area contributed by atoms with Crippen LogP contribution in [0.1, 0.15) is 110 Å². The molecule has 0 amide bonds. The molecule has 0 bridgehead atoms. The second-order valence-electron chi connectivity index (χ2n) is 6.70. The summed E-state index contributed by atoms with van der Waals surface area (Å²) in [7, 11) is 0. The van der Waals surface area contributed by atoms with Crippen molar-refractivity contribution < 1.29 is 9.53 Å². The fourth-order valence-corrected chi connectivity index (χ4v) is 2.83. The first-order chi connectivity index (χ1) is 11.2. The number of rotatable bonds is 17. The summed E-state index contributed by atoms with van der Waals surface area (Å²) in [6.45, 7) is 8.18. The van der Waals surface area contributed by atoms with E-state index in [0.29, 0.717) is 6.42 Å². The Balaban J connectivity index is 3.69. The molecule has 0 N–H and O–H groups in total. The third kappa shape index (κ3) is 15.9. The van der Waals surface area contributed by atoms with Gasteiger partial charge in [0.25, 0.3) is 0 Å². The molecular formula is C21H40O2. The Morgan fingerprint density at radius 2 is 1.43 bits per heavy atom. The van der Waals surface area contributed by atoms with Crippen molar-refractivity contribution >= 4 is 5.97 Å². The Kier molecular flexibility index (Phi) is 17.0. The van der Waals surface area contributed by atoms with Gasteiger partial charge in [0.2, 0.25) is 0 Å². The summed E-state index contributed by atoms with van der Waals surface area (Å²) >= 11 is 0. The fraction of sp³-hybridized carbons (Fsp3) is 0.857. The molecule has 0 saturated heterocycles. The molecule has 0 rings (SSSR count). The van der Waals surface area contributed by atoms with Crippen LogP contribution in [0.15, 0.2) is 12.7 Å². The van der Waals surface area contributed by atoms with Crippen molar-refractivity contribution in [2.45, 2.75) is 116 Å². The summed E-state index contributed by atoms with van der Waals surface area (Å²) in [6, 6.07) is 0. The summed E-state index contributed by atoms with van der Waals surface area (Å²) in [5.74, 6) is 0.00990. The average Bonchev–Trinajstić information content (AvgIpc) is 2.55. The van der Waals surface area contributed by atoms with Crippen molar-refractivity contribution in [3.63, 3.8) is 0 Å². The van der Waals surface area contributed by atoms with Gasteiger partial charge in [-0.15, -0.1) is 6.58 Å². The van der Waals surface area contributed by atoms with Crippen LogP contribution in [0.3, 0.4) is 0 Å². The van der Waals surface area contributed by atoms with Crippen molar-refractivity contribution in [2.24, 2.45) is 0 Å². The SMILES string of the molecule is C=CCCCC(CCCC)OC(=O)CCCCCCCCCC. The van der Waals surface area contributed by atoms with Crippen LogP contribution in [0, 0.1) is 0 Å². The maximum absolute atomic E-state index is 12.0. The van der Waals surface area contributed by atoms with Crippen LogP contribution in [0.4, 0.5) is 0 Å². The molecule has 0 aliphatic rings. The number of carbonyl (C=O) groups excluding carboxylic acids is 1. The zero-order valence-electron chi connectivity index (χ0n) is 15.8. The monoisotopic (exact) mass is 324 g/mol. The first kappa shape index (κ1) is 22.2. The molecule has 23 heavy (non-hydrogen) atoms. The quantitative estimate of drug-likeness (QED) is 0.164. The van der Waals surface area contributed by atoms with Crippen LogP contribution in [0.5, 0.6) is 0 Å². The second-order valence-corrected chi connectivity index (χ2v) is 6.70. The number of unbranched alkanes of at least 4 members (excludes halogenated alkanes) is 9. The van der Waals surface area contributed by atoms with Crippen LogP contribution in [-0.4, -0.2) is 12.1 Å². The van der Waals surface area contributed by atoms with E-state index in [9.17, 15) is 4.79 Å². The van der Waals surface area contributed by atoms with E-state index in [1.54, 1.807) is 0 Å². The molecule has 0 saturated carbocycles. The minimum absolute atomic E-state index is 0.00990. The average molecular weight is 325 g/mol. The zero-order chi connectivity index (χ0) is 17.2. The molecule has 0 aromatic rings. The molecule has 0 aliphatic heterocycles. The lowest BCUT2D eigenvalue weighted by Crippen LogP contribution is -2.18. The summed E-state index contributed by atoms with van der Waals surface area (Å²) < 4.78 is 5.69. The third-order valence-electron chi connectivity index (χ3n) is 4.35. The van der Waals surface area contributed by atoms with Gasteiger partial charge in [-0.25, -0.2) is 0 Å². The maximum Gasteiger partial charge on any atom is 0.306 e. The summed E-state index contributed by atoms with van der Waals surface area (Å²) in [5.41, 5.74) is 0. The first-order valence-corrected chi connectivity index (χ1v) is 10.0. The molecule has 1 atom stereocenters. The van der Waals surface area contributed by atoms with Gasteiger partial charge in [0.05, 0.1) is 0 Å². The van der Waals surface area contributed by atoms with Gasteiger partial charge in [0.1, 0.15) is 6.10 Å². The van der Waals surface area contributed by atoms with Gasteiger partial charge < -0.3 is 4.74 Å². The summed E-state index contributed by atoms with van der Waals surface area (Å²) in [6.07, 6.45) is 19.1. The molecule has 0 heterocycles. The Labute approximate surface area is 145 Å². The molecule has 136 valence electrons. The Hall–Kier alpha value is -0.790. The second kappa shape index (κ2) is 17.6. The summed E-state index contributed by atoms with van der Waals surface area (Å²) in [4.78, 5) is 12.0. The number of hydrogen-bond acceptors (Lipinski definition) is 2. The van der Waals surface area contributed by atoms with Crippen molar-refractivity contribution in [3.05, 3.63) is 12.7 Å².